The van der Waals surface area contributed by atoms with E-state index in [9.17, 15) is 0 Å². The Kier molecular flexibility index (Phi) is 3.21. The van der Waals surface area contributed by atoms with Crippen LogP contribution in [0.15, 0.2) is 0 Å². The van der Waals surface area contributed by atoms with E-state index in [1.165, 1.54) is 19.3 Å². The highest BCUT2D eigenvalue weighted by Gasteiger charge is 2.38. The van der Waals surface area contributed by atoms with Crippen LogP contribution >= 0.6 is 0 Å². The lowest BCUT2D eigenvalue weighted by atomic mass is 9.66. The summed E-state index contributed by atoms with van der Waals surface area (Å²) in [5, 5.41) is 15.9. The van der Waals surface area contributed by atoms with Gasteiger partial charge in [0.05, 0.1) is 7.05 Å². The van der Waals surface area contributed by atoms with Crippen LogP contribution in [0.5, 0.6) is 0 Å². The van der Waals surface area contributed by atoms with E-state index < -0.39 is 0 Å². The largest absolute Gasteiger partial charge is 0.312 e. The summed E-state index contributed by atoms with van der Waals surface area (Å²) in [5.74, 6) is 0.878. The van der Waals surface area contributed by atoms with Crippen molar-refractivity contribution in [3.8, 4) is 0 Å². The summed E-state index contributed by atoms with van der Waals surface area (Å²) in [6.45, 7) is 7.68. The van der Waals surface area contributed by atoms with Gasteiger partial charge in [-0.3, -0.25) is 0 Å². The summed E-state index contributed by atoms with van der Waals surface area (Å²) in [6, 6.07) is 0. The van der Waals surface area contributed by atoms with Crippen molar-refractivity contribution in [2.75, 3.05) is 6.54 Å². The van der Waals surface area contributed by atoms with E-state index in [4.69, 9.17) is 0 Å². The molecule has 0 aromatic carbocycles. The van der Waals surface area contributed by atoms with Crippen molar-refractivity contribution in [2.24, 2.45) is 12.5 Å². The second-order valence-electron chi connectivity index (χ2n) is 6.33. The average Bonchev–Trinajstić information content (AvgIpc) is 2.54. The first kappa shape index (κ1) is 12.5. The highest BCUT2D eigenvalue weighted by atomic mass is 15.6. The average molecular weight is 237 g/mol. The van der Waals surface area contributed by atoms with Gasteiger partial charge in [-0.2, -0.15) is 4.80 Å². The lowest BCUT2D eigenvalue weighted by Crippen LogP contribution is -2.48. The van der Waals surface area contributed by atoms with Crippen LogP contribution in [0.1, 0.15) is 45.9 Å². The zero-order chi connectivity index (χ0) is 12.5. The zero-order valence-electron chi connectivity index (χ0n) is 11.3. The van der Waals surface area contributed by atoms with E-state index in [0.717, 1.165) is 18.8 Å². The smallest absolute Gasteiger partial charge is 0.175 e. The molecular formula is C12H23N5. The lowest BCUT2D eigenvalue weighted by molar-refractivity contribution is 0.115. The Morgan fingerprint density at radius 3 is 2.47 bits per heavy atom. The lowest BCUT2D eigenvalue weighted by Gasteiger charge is -2.43. The van der Waals surface area contributed by atoms with Crippen LogP contribution in [0.4, 0.5) is 0 Å². The van der Waals surface area contributed by atoms with Crippen LogP contribution in [0.2, 0.25) is 0 Å². The minimum Gasteiger partial charge on any atom is -0.312 e. The molecule has 2 rings (SSSR count). The molecule has 0 bridgehead atoms. The quantitative estimate of drug-likeness (QED) is 0.858. The fourth-order valence-electron chi connectivity index (χ4n) is 2.28. The van der Waals surface area contributed by atoms with E-state index in [1.54, 1.807) is 4.80 Å². The van der Waals surface area contributed by atoms with Gasteiger partial charge in [-0.05, 0) is 44.2 Å². The molecule has 96 valence electrons. The zero-order valence-corrected chi connectivity index (χ0v) is 11.3. The molecule has 0 unspecified atom stereocenters. The molecule has 1 aromatic rings. The third kappa shape index (κ3) is 3.25. The normalized spacial score (nSPS) is 19.1. The van der Waals surface area contributed by atoms with Gasteiger partial charge in [-0.25, -0.2) is 0 Å². The van der Waals surface area contributed by atoms with Crippen molar-refractivity contribution in [3.05, 3.63) is 5.82 Å². The summed E-state index contributed by atoms with van der Waals surface area (Å²) in [5.41, 5.74) is 0.536. The SMILES string of the molecule is Cn1nnc(CC2(CNC(C)(C)C)CCC2)n1. The maximum atomic E-state index is 4.29. The molecule has 1 heterocycles. The highest BCUT2D eigenvalue weighted by molar-refractivity contribution is 4.98. The maximum absolute atomic E-state index is 4.29. The first-order valence-electron chi connectivity index (χ1n) is 6.37. The van der Waals surface area contributed by atoms with Crippen LogP contribution in [-0.4, -0.2) is 32.3 Å². The Morgan fingerprint density at radius 1 is 1.35 bits per heavy atom. The Labute approximate surface area is 103 Å². The van der Waals surface area contributed by atoms with Gasteiger partial charge in [0, 0.05) is 18.5 Å². The van der Waals surface area contributed by atoms with Crippen LogP contribution in [-0.2, 0) is 13.5 Å². The number of rotatable bonds is 4. The molecule has 1 aliphatic carbocycles. The molecule has 0 atom stereocenters. The number of nitrogens with zero attached hydrogens (tertiary/aromatic N) is 4. The molecule has 1 aromatic heterocycles. The second-order valence-corrected chi connectivity index (χ2v) is 6.33. The minimum absolute atomic E-state index is 0.179. The molecule has 1 fully saturated rings. The van der Waals surface area contributed by atoms with Crippen LogP contribution in [0.25, 0.3) is 0 Å². The van der Waals surface area contributed by atoms with Crippen molar-refractivity contribution < 1.29 is 0 Å². The van der Waals surface area contributed by atoms with Crippen LogP contribution < -0.4 is 5.32 Å². The van der Waals surface area contributed by atoms with Gasteiger partial charge in [-0.15, -0.1) is 10.2 Å². The maximum Gasteiger partial charge on any atom is 0.175 e. The van der Waals surface area contributed by atoms with E-state index in [1.807, 2.05) is 7.05 Å². The number of tetrazole rings is 1. The highest BCUT2D eigenvalue weighted by Crippen LogP contribution is 2.42. The molecule has 1 saturated carbocycles. The molecule has 5 heteroatoms. The summed E-state index contributed by atoms with van der Waals surface area (Å²) in [6.07, 6.45) is 4.82. The summed E-state index contributed by atoms with van der Waals surface area (Å²) >= 11 is 0. The fraction of sp³-hybridized carbons (Fsp3) is 0.917. The van der Waals surface area contributed by atoms with Gasteiger partial charge < -0.3 is 5.32 Å². The molecule has 0 saturated heterocycles. The third-order valence-corrected chi connectivity index (χ3v) is 3.49. The van der Waals surface area contributed by atoms with Crippen LogP contribution in [0, 0.1) is 5.41 Å². The molecule has 0 amide bonds. The van der Waals surface area contributed by atoms with Gasteiger partial charge in [0.2, 0.25) is 0 Å². The fourth-order valence-corrected chi connectivity index (χ4v) is 2.28. The first-order valence-corrected chi connectivity index (χ1v) is 6.37. The van der Waals surface area contributed by atoms with Crippen molar-refractivity contribution in [1.29, 1.82) is 0 Å². The van der Waals surface area contributed by atoms with Crippen LogP contribution in [0.3, 0.4) is 0 Å². The standard InChI is InChI=1S/C12H23N5/c1-11(2,3)13-9-12(6-5-7-12)8-10-14-16-17(4)15-10/h13H,5-9H2,1-4H3. The van der Waals surface area contributed by atoms with Crippen molar-refractivity contribution in [3.63, 3.8) is 0 Å². The second kappa shape index (κ2) is 4.37. The van der Waals surface area contributed by atoms with Gasteiger partial charge in [-0.1, -0.05) is 6.42 Å². The number of aryl methyl sites for hydroxylation is 1. The van der Waals surface area contributed by atoms with Gasteiger partial charge in [0.15, 0.2) is 5.82 Å². The topological polar surface area (TPSA) is 55.6 Å². The molecule has 0 spiro atoms. The molecule has 0 aliphatic heterocycles. The van der Waals surface area contributed by atoms with Gasteiger partial charge in [0.1, 0.15) is 0 Å². The number of hydrogen-bond acceptors (Lipinski definition) is 4. The number of nitrogens with one attached hydrogen (secondary N) is 1. The molecule has 1 N–H and O–H groups in total. The summed E-state index contributed by atoms with van der Waals surface area (Å²) in [4.78, 5) is 1.54. The number of aromatic nitrogens is 4. The predicted octanol–water partition coefficient (Wildman–Crippen LogP) is 1.31. The predicted molar refractivity (Wildman–Crippen MR) is 66.5 cm³/mol. The molecule has 17 heavy (non-hydrogen) atoms. The summed E-state index contributed by atoms with van der Waals surface area (Å²) < 4.78 is 0. The van der Waals surface area contributed by atoms with E-state index in [2.05, 4.69) is 41.5 Å². The molecule has 5 nitrogen and oxygen atoms in total. The van der Waals surface area contributed by atoms with Gasteiger partial charge >= 0.3 is 0 Å². The third-order valence-electron chi connectivity index (χ3n) is 3.49. The Balaban J connectivity index is 1.95. The molecule has 0 radical (unpaired) electrons. The Morgan fingerprint density at radius 2 is 2.06 bits per heavy atom. The minimum atomic E-state index is 0.179. The van der Waals surface area contributed by atoms with Crippen molar-refractivity contribution in [1.82, 2.24) is 25.5 Å². The van der Waals surface area contributed by atoms with Crippen molar-refractivity contribution >= 4 is 0 Å². The monoisotopic (exact) mass is 237 g/mol. The van der Waals surface area contributed by atoms with E-state index in [0.29, 0.717) is 5.41 Å². The van der Waals surface area contributed by atoms with E-state index in [-0.39, 0.29) is 5.54 Å². The van der Waals surface area contributed by atoms with Crippen molar-refractivity contribution in [2.45, 2.75) is 52.0 Å². The molecule has 1 aliphatic rings. The number of hydrogen-bond donors (Lipinski definition) is 1. The first-order chi connectivity index (χ1) is 7.89. The summed E-state index contributed by atoms with van der Waals surface area (Å²) in [7, 11) is 1.82. The molecular weight excluding hydrogens is 214 g/mol. The Hall–Kier alpha value is -0.970. The van der Waals surface area contributed by atoms with E-state index >= 15 is 0 Å². The Bertz CT molecular complexity index is 372. The van der Waals surface area contributed by atoms with Gasteiger partial charge in [0.25, 0.3) is 0 Å².